The fourth-order valence-electron chi connectivity index (χ4n) is 0.144. The molecule has 0 saturated carbocycles. The van der Waals surface area contributed by atoms with Gasteiger partial charge in [0, 0.05) is 0 Å². The number of carbonyl (C=O) groups excluding carboxylic acids is 1. The molecule has 0 saturated heterocycles. The molecule has 0 fully saturated rings. The standard InChI is InChI=1S/C5H10O2.HNO2/c1-5(2,3)7-4-6;2-1-3/h4H,1-3H3;(H,2,3). The summed E-state index contributed by atoms with van der Waals surface area (Å²) in [5, 5.41) is 7.89. The third-order valence-corrected chi connectivity index (χ3v) is 0.402. The van der Waals surface area contributed by atoms with E-state index in [1.165, 1.54) is 5.34 Å². The molecule has 0 aromatic heterocycles. The number of rotatable bonds is 1. The summed E-state index contributed by atoms with van der Waals surface area (Å²) in [4.78, 5) is 17.7. The van der Waals surface area contributed by atoms with Crippen molar-refractivity contribution in [1.82, 2.24) is 0 Å². The largest absolute Gasteiger partial charge is 0.462 e. The van der Waals surface area contributed by atoms with Gasteiger partial charge in [-0.3, -0.25) is 4.79 Å². The van der Waals surface area contributed by atoms with Crippen LogP contribution >= 0.6 is 0 Å². The second-order valence-corrected chi connectivity index (χ2v) is 2.41. The smallest absolute Gasteiger partial charge is 0.293 e. The number of carbonyl (C=O) groups is 1. The highest BCUT2D eigenvalue weighted by Crippen LogP contribution is 2.02. The Morgan fingerprint density at radius 2 is 1.80 bits per heavy atom. The molecule has 0 amide bonds. The molecule has 5 heteroatoms. The van der Waals surface area contributed by atoms with Crippen LogP contribution in [0.15, 0.2) is 5.34 Å². The lowest BCUT2D eigenvalue weighted by Crippen LogP contribution is -2.17. The Kier molecular flexibility index (Phi) is 6.98. The van der Waals surface area contributed by atoms with Crippen LogP contribution in [0.25, 0.3) is 0 Å². The lowest BCUT2D eigenvalue weighted by molar-refractivity contribution is -0.138. The molecule has 0 aromatic rings. The average molecular weight is 149 g/mol. The van der Waals surface area contributed by atoms with Crippen molar-refractivity contribution < 1.29 is 14.7 Å². The third-order valence-electron chi connectivity index (χ3n) is 0.402. The van der Waals surface area contributed by atoms with Gasteiger partial charge in [-0.1, -0.05) is 0 Å². The van der Waals surface area contributed by atoms with Gasteiger partial charge in [-0.25, -0.2) is 0 Å². The molecular formula is C5H11NO4. The van der Waals surface area contributed by atoms with E-state index in [9.17, 15) is 4.79 Å². The van der Waals surface area contributed by atoms with E-state index in [-0.39, 0.29) is 5.60 Å². The van der Waals surface area contributed by atoms with Gasteiger partial charge in [0.25, 0.3) is 6.47 Å². The molecule has 0 aromatic carbocycles. The van der Waals surface area contributed by atoms with Crippen LogP contribution in [0.1, 0.15) is 20.8 Å². The zero-order chi connectivity index (χ0) is 8.62. The molecule has 0 rings (SSSR count). The van der Waals surface area contributed by atoms with E-state index in [1.54, 1.807) is 0 Å². The molecular weight excluding hydrogens is 138 g/mol. The number of hydrogen-bond acceptors (Lipinski definition) is 4. The van der Waals surface area contributed by atoms with E-state index in [2.05, 4.69) is 4.74 Å². The minimum absolute atomic E-state index is 0.318. The summed E-state index contributed by atoms with van der Waals surface area (Å²) in [7, 11) is 0. The lowest BCUT2D eigenvalue weighted by Gasteiger charge is -2.14. The van der Waals surface area contributed by atoms with Crippen molar-refractivity contribution in [3.8, 4) is 0 Å². The van der Waals surface area contributed by atoms with Crippen LogP contribution in [0.2, 0.25) is 0 Å². The third kappa shape index (κ3) is 28.7. The highest BCUT2D eigenvalue weighted by molar-refractivity contribution is 5.37. The molecule has 0 aliphatic carbocycles. The fourth-order valence-corrected chi connectivity index (χ4v) is 0.144. The van der Waals surface area contributed by atoms with Crippen LogP contribution in [-0.2, 0) is 9.53 Å². The lowest BCUT2D eigenvalue weighted by atomic mass is 10.2. The molecule has 1 N–H and O–H groups in total. The van der Waals surface area contributed by atoms with Crippen molar-refractivity contribution >= 4 is 6.47 Å². The average Bonchev–Trinajstić information content (AvgIpc) is 1.63. The topological polar surface area (TPSA) is 76.0 Å². The molecule has 0 aliphatic heterocycles. The van der Waals surface area contributed by atoms with Gasteiger partial charge in [0.2, 0.25) is 0 Å². The number of nitrogens with zero attached hydrogens (tertiary/aromatic N) is 1. The van der Waals surface area contributed by atoms with Gasteiger partial charge in [-0.15, -0.1) is 4.91 Å². The van der Waals surface area contributed by atoms with Gasteiger partial charge in [0.1, 0.15) is 5.60 Å². The molecule has 60 valence electrons. The highest BCUT2D eigenvalue weighted by atomic mass is 16.6. The van der Waals surface area contributed by atoms with Crippen LogP contribution in [0, 0.1) is 4.91 Å². The zero-order valence-corrected chi connectivity index (χ0v) is 6.20. The van der Waals surface area contributed by atoms with E-state index in [1.807, 2.05) is 20.8 Å². The molecule has 0 radical (unpaired) electrons. The highest BCUT2D eigenvalue weighted by Gasteiger charge is 2.07. The minimum atomic E-state index is -0.318. The van der Waals surface area contributed by atoms with E-state index in [4.69, 9.17) is 10.1 Å². The Morgan fingerprint density at radius 3 is 1.80 bits per heavy atom. The maximum Gasteiger partial charge on any atom is 0.293 e. The Hall–Kier alpha value is -1.13. The van der Waals surface area contributed by atoms with Gasteiger partial charge >= 0.3 is 0 Å². The summed E-state index contributed by atoms with van der Waals surface area (Å²) in [6, 6.07) is 0. The normalized spacial score (nSPS) is 8.70. The summed E-state index contributed by atoms with van der Waals surface area (Å²) < 4.78 is 4.55. The summed E-state index contributed by atoms with van der Waals surface area (Å²) in [6.45, 7) is 5.92. The predicted molar refractivity (Wildman–Crippen MR) is 34.5 cm³/mol. The molecule has 0 unspecified atom stereocenters. The quantitative estimate of drug-likeness (QED) is 0.344. The van der Waals surface area contributed by atoms with Crippen molar-refractivity contribution in [2.45, 2.75) is 26.4 Å². The molecule has 0 spiro atoms. The minimum Gasteiger partial charge on any atom is -0.462 e. The monoisotopic (exact) mass is 149 g/mol. The van der Waals surface area contributed by atoms with Crippen molar-refractivity contribution in [2.24, 2.45) is 5.34 Å². The predicted octanol–water partition coefficient (Wildman–Crippen LogP) is 1.10. The van der Waals surface area contributed by atoms with E-state index < -0.39 is 0 Å². The first-order valence-corrected chi connectivity index (χ1v) is 2.56. The molecule has 0 heterocycles. The van der Waals surface area contributed by atoms with Crippen molar-refractivity contribution in [3.05, 3.63) is 4.91 Å². The van der Waals surface area contributed by atoms with E-state index in [0.717, 1.165) is 0 Å². The van der Waals surface area contributed by atoms with Crippen LogP contribution in [-0.4, -0.2) is 17.3 Å². The molecule has 0 bridgehead atoms. The molecule has 5 nitrogen and oxygen atoms in total. The second kappa shape index (κ2) is 6.00. The SMILES string of the molecule is CC(C)(C)OC=O.O=NO. The summed E-state index contributed by atoms with van der Waals surface area (Å²) in [5.74, 6) is 0. The Labute approximate surface area is 58.9 Å². The first kappa shape index (κ1) is 11.6. The summed E-state index contributed by atoms with van der Waals surface area (Å²) in [6.07, 6.45) is 0. The van der Waals surface area contributed by atoms with Gasteiger partial charge < -0.3 is 9.94 Å². The molecule has 10 heavy (non-hydrogen) atoms. The number of ether oxygens (including phenoxy) is 1. The molecule has 0 aliphatic rings. The number of hydrogen-bond donors (Lipinski definition) is 1. The van der Waals surface area contributed by atoms with Gasteiger partial charge in [-0.05, 0) is 20.8 Å². The fraction of sp³-hybridized carbons (Fsp3) is 0.800. The zero-order valence-electron chi connectivity index (χ0n) is 6.20. The first-order valence-electron chi connectivity index (χ1n) is 2.56. The van der Waals surface area contributed by atoms with Crippen molar-refractivity contribution in [3.63, 3.8) is 0 Å². The van der Waals surface area contributed by atoms with Crippen molar-refractivity contribution in [1.29, 1.82) is 0 Å². The Bertz CT molecular complexity index is 96.3. The van der Waals surface area contributed by atoms with Crippen LogP contribution in [0.5, 0.6) is 0 Å². The summed E-state index contributed by atoms with van der Waals surface area (Å²) in [5.41, 5.74) is -0.318. The van der Waals surface area contributed by atoms with Gasteiger partial charge in [0.15, 0.2) is 5.34 Å². The van der Waals surface area contributed by atoms with Crippen molar-refractivity contribution in [2.75, 3.05) is 0 Å². The maximum atomic E-state index is 9.60. The molecule has 0 atom stereocenters. The van der Waals surface area contributed by atoms with E-state index >= 15 is 0 Å². The van der Waals surface area contributed by atoms with Gasteiger partial charge in [0.05, 0.1) is 0 Å². The Balaban J connectivity index is 0. The second-order valence-electron chi connectivity index (χ2n) is 2.41. The van der Waals surface area contributed by atoms with Crippen LogP contribution < -0.4 is 0 Å². The summed E-state index contributed by atoms with van der Waals surface area (Å²) >= 11 is 0. The Morgan fingerprint density at radius 1 is 1.50 bits per heavy atom. The van der Waals surface area contributed by atoms with Gasteiger partial charge in [-0.2, -0.15) is 0 Å². The first-order chi connectivity index (χ1) is 4.47. The van der Waals surface area contributed by atoms with E-state index in [0.29, 0.717) is 6.47 Å². The maximum absolute atomic E-state index is 9.60. The van der Waals surface area contributed by atoms with Crippen LogP contribution in [0.3, 0.4) is 0 Å². The van der Waals surface area contributed by atoms with Crippen LogP contribution in [0.4, 0.5) is 0 Å².